The van der Waals surface area contributed by atoms with Crippen LogP contribution in [0, 0.1) is 0 Å². The van der Waals surface area contributed by atoms with E-state index in [0.29, 0.717) is 6.61 Å². The summed E-state index contributed by atoms with van der Waals surface area (Å²) in [6.45, 7) is 0.484. The van der Waals surface area contributed by atoms with E-state index < -0.39 is 0 Å². The van der Waals surface area contributed by atoms with Crippen LogP contribution in [0.1, 0.15) is 11.1 Å². The van der Waals surface area contributed by atoms with Gasteiger partial charge in [-0.1, -0.05) is 65.8 Å². The van der Waals surface area contributed by atoms with Crippen LogP contribution in [0.2, 0.25) is 0 Å². The number of oxime groups is 1. The number of ether oxygens (including phenoxy) is 1. The van der Waals surface area contributed by atoms with Crippen molar-refractivity contribution in [2.24, 2.45) is 5.16 Å². The van der Waals surface area contributed by atoms with Gasteiger partial charge in [-0.3, -0.25) is 0 Å². The minimum atomic E-state index is -0.339. The molecule has 1 fully saturated rings. The van der Waals surface area contributed by atoms with Crippen LogP contribution in [0.15, 0.2) is 65.8 Å². The standard InChI is InChI=1S/C16H13NO2/c1-3-7-12(8-4-1)14-15-16(19-15,11-18-17-14)13-9-5-2-6-10-13/h1-10,15H,11H2/t15-,16-/m0/s1. The first-order valence-electron chi connectivity index (χ1n) is 6.39. The number of epoxide rings is 1. The van der Waals surface area contributed by atoms with Crippen LogP contribution in [0.4, 0.5) is 0 Å². The Hall–Kier alpha value is -2.13. The van der Waals surface area contributed by atoms with Crippen molar-refractivity contribution in [3.8, 4) is 0 Å². The van der Waals surface area contributed by atoms with Crippen LogP contribution in [0.3, 0.4) is 0 Å². The van der Waals surface area contributed by atoms with E-state index in [0.717, 1.165) is 16.8 Å². The summed E-state index contributed by atoms with van der Waals surface area (Å²) in [5, 5.41) is 4.18. The topological polar surface area (TPSA) is 34.1 Å². The Morgan fingerprint density at radius 3 is 2.37 bits per heavy atom. The van der Waals surface area contributed by atoms with Gasteiger partial charge >= 0.3 is 0 Å². The average molecular weight is 251 g/mol. The van der Waals surface area contributed by atoms with Crippen LogP contribution in [0.25, 0.3) is 0 Å². The maximum absolute atomic E-state index is 5.96. The second-order valence-electron chi connectivity index (χ2n) is 4.87. The van der Waals surface area contributed by atoms with Gasteiger partial charge in [-0.25, -0.2) is 0 Å². The largest absolute Gasteiger partial charge is 0.392 e. The lowest BCUT2D eigenvalue weighted by Crippen LogP contribution is -2.28. The van der Waals surface area contributed by atoms with Crippen molar-refractivity contribution in [2.75, 3.05) is 6.61 Å². The third-order valence-electron chi connectivity index (χ3n) is 3.72. The molecule has 0 N–H and O–H groups in total. The van der Waals surface area contributed by atoms with Gasteiger partial charge in [0, 0.05) is 5.56 Å². The fraction of sp³-hybridized carbons (Fsp3) is 0.188. The summed E-state index contributed by atoms with van der Waals surface area (Å²) < 4.78 is 5.96. The molecule has 0 unspecified atom stereocenters. The Labute approximate surface area is 111 Å². The zero-order valence-corrected chi connectivity index (χ0v) is 10.3. The highest BCUT2D eigenvalue weighted by Crippen LogP contribution is 2.50. The molecule has 2 atom stereocenters. The van der Waals surface area contributed by atoms with E-state index in [-0.39, 0.29) is 11.7 Å². The summed E-state index contributed by atoms with van der Waals surface area (Å²) in [5.74, 6) is 0. The van der Waals surface area contributed by atoms with Gasteiger partial charge in [-0.2, -0.15) is 0 Å². The summed E-state index contributed by atoms with van der Waals surface area (Å²) in [6.07, 6.45) is 0.00560. The molecule has 0 aliphatic carbocycles. The van der Waals surface area contributed by atoms with Crippen LogP contribution >= 0.6 is 0 Å². The van der Waals surface area contributed by atoms with Crippen LogP contribution in [-0.2, 0) is 15.2 Å². The Kier molecular flexibility index (Phi) is 2.23. The predicted molar refractivity (Wildman–Crippen MR) is 71.9 cm³/mol. The van der Waals surface area contributed by atoms with E-state index in [4.69, 9.17) is 9.57 Å². The van der Waals surface area contributed by atoms with Gasteiger partial charge in [-0.05, 0) is 5.56 Å². The summed E-state index contributed by atoms with van der Waals surface area (Å²) in [5.41, 5.74) is 2.76. The predicted octanol–water partition coefficient (Wildman–Crippen LogP) is 2.72. The van der Waals surface area contributed by atoms with Crippen molar-refractivity contribution in [2.45, 2.75) is 11.7 Å². The zero-order chi connectivity index (χ0) is 12.7. The second-order valence-corrected chi connectivity index (χ2v) is 4.87. The van der Waals surface area contributed by atoms with Crippen molar-refractivity contribution >= 4 is 5.71 Å². The van der Waals surface area contributed by atoms with E-state index in [1.165, 1.54) is 0 Å². The van der Waals surface area contributed by atoms with Crippen LogP contribution < -0.4 is 0 Å². The number of fused-ring (bicyclic) bond motifs is 1. The fourth-order valence-corrected chi connectivity index (χ4v) is 2.64. The van der Waals surface area contributed by atoms with Gasteiger partial charge < -0.3 is 9.57 Å². The molecule has 4 rings (SSSR count). The van der Waals surface area contributed by atoms with Crippen LogP contribution in [-0.4, -0.2) is 18.4 Å². The molecule has 2 aromatic rings. The van der Waals surface area contributed by atoms with Gasteiger partial charge in [0.05, 0.1) is 0 Å². The summed E-state index contributed by atoms with van der Waals surface area (Å²) in [6, 6.07) is 20.3. The first-order valence-corrected chi connectivity index (χ1v) is 6.39. The molecule has 2 aliphatic rings. The normalized spacial score (nSPS) is 28.0. The van der Waals surface area contributed by atoms with E-state index in [9.17, 15) is 0 Å². The highest BCUT2D eigenvalue weighted by molar-refractivity contribution is 6.06. The number of hydrogen-bond donors (Lipinski definition) is 0. The Morgan fingerprint density at radius 2 is 1.63 bits per heavy atom. The maximum atomic E-state index is 5.96. The van der Waals surface area contributed by atoms with Gasteiger partial charge in [0.15, 0.2) is 12.2 Å². The molecule has 0 spiro atoms. The molecule has 0 amide bonds. The van der Waals surface area contributed by atoms with Gasteiger partial charge in [0.25, 0.3) is 0 Å². The van der Waals surface area contributed by atoms with Crippen molar-refractivity contribution in [1.29, 1.82) is 0 Å². The van der Waals surface area contributed by atoms with Crippen molar-refractivity contribution < 1.29 is 9.57 Å². The summed E-state index contributed by atoms with van der Waals surface area (Å²) in [7, 11) is 0. The lowest BCUT2D eigenvalue weighted by Gasteiger charge is -2.17. The van der Waals surface area contributed by atoms with Gasteiger partial charge in [-0.15, -0.1) is 0 Å². The third-order valence-corrected chi connectivity index (χ3v) is 3.72. The van der Waals surface area contributed by atoms with Crippen molar-refractivity contribution in [3.05, 3.63) is 71.8 Å². The molecule has 94 valence electrons. The molecule has 0 saturated carbocycles. The minimum Gasteiger partial charge on any atom is -0.392 e. The minimum absolute atomic E-state index is 0.00560. The highest BCUT2D eigenvalue weighted by atomic mass is 16.7. The smallest absolute Gasteiger partial charge is 0.163 e. The summed E-state index contributed by atoms with van der Waals surface area (Å²) >= 11 is 0. The Morgan fingerprint density at radius 1 is 0.947 bits per heavy atom. The number of hydrogen-bond acceptors (Lipinski definition) is 3. The first kappa shape index (κ1) is 10.8. The lowest BCUT2D eigenvalue weighted by molar-refractivity contribution is 0.0828. The summed E-state index contributed by atoms with van der Waals surface area (Å²) in [4.78, 5) is 5.41. The van der Waals surface area contributed by atoms with Crippen LogP contribution in [0.5, 0.6) is 0 Å². The second kappa shape index (κ2) is 3.93. The average Bonchev–Trinajstić information content (AvgIpc) is 3.25. The van der Waals surface area contributed by atoms with Crippen molar-refractivity contribution in [3.63, 3.8) is 0 Å². The Balaban J connectivity index is 1.71. The van der Waals surface area contributed by atoms with E-state index >= 15 is 0 Å². The quantitative estimate of drug-likeness (QED) is 0.769. The molecule has 2 heterocycles. The van der Waals surface area contributed by atoms with E-state index in [2.05, 4.69) is 17.3 Å². The zero-order valence-electron chi connectivity index (χ0n) is 10.3. The molecule has 3 heteroatoms. The molecule has 19 heavy (non-hydrogen) atoms. The Bertz CT molecular complexity index is 624. The molecular weight excluding hydrogens is 238 g/mol. The van der Waals surface area contributed by atoms with E-state index in [1.807, 2.05) is 48.5 Å². The highest BCUT2D eigenvalue weighted by Gasteiger charge is 2.63. The maximum Gasteiger partial charge on any atom is 0.163 e. The molecule has 2 aliphatic heterocycles. The molecule has 0 aromatic heterocycles. The SMILES string of the molecule is c1ccc(C2=NOC[C@@]3(c4ccccc4)O[C@@H]23)cc1. The molecule has 2 aromatic carbocycles. The molecule has 1 saturated heterocycles. The number of rotatable bonds is 2. The number of nitrogens with zero attached hydrogens (tertiary/aromatic N) is 1. The van der Waals surface area contributed by atoms with E-state index in [1.54, 1.807) is 0 Å². The molecule has 0 bridgehead atoms. The molecule has 3 nitrogen and oxygen atoms in total. The molecule has 0 radical (unpaired) electrons. The number of benzene rings is 2. The molecular formula is C16H13NO2. The third kappa shape index (κ3) is 1.59. The van der Waals surface area contributed by atoms with Gasteiger partial charge in [0.2, 0.25) is 0 Å². The first-order chi connectivity index (χ1) is 9.40. The monoisotopic (exact) mass is 251 g/mol. The fourth-order valence-electron chi connectivity index (χ4n) is 2.64. The lowest BCUT2D eigenvalue weighted by atomic mass is 9.91. The van der Waals surface area contributed by atoms with Crippen molar-refractivity contribution in [1.82, 2.24) is 0 Å². The van der Waals surface area contributed by atoms with Gasteiger partial charge in [0.1, 0.15) is 11.8 Å².